The maximum atomic E-state index is 14.3. The minimum atomic E-state index is -4.17. The molecule has 404 valence electrons. The summed E-state index contributed by atoms with van der Waals surface area (Å²) >= 11 is 0. The zero-order valence-electron chi connectivity index (χ0n) is 42.4. The Labute approximate surface area is 446 Å². The topological polar surface area (TPSA) is 288 Å². The van der Waals surface area contributed by atoms with Crippen molar-refractivity contribution in [1.82, 2.24) is 44.7 Å². The number of sulfonamides is 2. The van der Waals surface area contributed by atoms with Gasteiger partial charge in [-0.05, 0) is 55.5 Å². The molecule has 4 aromatic carbocycles. The fourth-order valence-corrected chi connectivity index (χ4v) is 9.68. The van der Waals surface area contributed by atoms with E-state index in [2.05, 4.69) is 30.5 Å². The number of esters is 1. The minimum absolute atomic E-state index is 0.0401. The van der Waals surface area contributed by atoms with Gasteiger partial charge in [-0.2, -0.15) is 10.2 Å². The molecule has 0 unspecified atom stereocenters. The van der Waals surface area contributed by atoms with Crippen molar-refractivity contribution in [3.8, 4) is 34.3 Å². The molecule has 4 N–H and O–H groups in total. The van der Waals surface area contributed by atoms with Crippen LogP contribution in [0.4, 0.5) is 20.2 Å². The number of amidine groups is 1. The molecule has 78 heavy (non-hydrogen) atoms. The minimum Gasteiger partial charge on any atom is -0.462 e. The molecule has 0 saturated carbocycles. The van der Waals surface area contributed by atoms with E-state index in [0.29, 0.717) is 51.0 Å². The maximum Gasteiger partial charge on any atom is 0.353 e. The molecule has 0 saturated heterocycles. The normalized spacial score (nSPS) is 11.4. The Morgan fingerprint density at radius 1 is 0.718 bits per heavy atom. The van der Waals surface area contributed by atoms with Crippen LogP contribution in [0.3, 0.4) is 0 Å². The predicted octanol–water partition coefficient (Wildman–Crippen LogP) is 6.73. The number of hydrogen-bond acceptors (Lipinski definition) is 16. The lowest BCUT2D eigenvalue weighted by atomic mass is 10.2. The van der Waals surface area contributed by atoms with Gasteiger partial charge in [-0.25, -0.2) is 35.4 Å². The number of ether oxygens (including phenoxy) is 1. The van der Waals surface area contributed by atoms with Gasteiger partial charge in [0, 0.05) is 57.7 Å². The van der Waals surface area contributed by atoms with Crippen LogP contribution in [-0.4, -0.2) is 108 Å². The molecule has 0 radical (unpaired) electrons. The molecule has 9 rings (SSSR count). The van der Waals surface area contributed by atoms with Gasteiger partial charge in [-0.1, -0.05) is 83.1 Å². The average molecular weight is 1100 g/mol. The van der Waals surface area contributed by atoms with Crippen LogP contribution in [0.15, 0.2) is 182 Å². The molecule has 26 heteroatoms. The van der Waals surface area contributed by atoms with Crippen molar-refractivity contribution in [1.29, 1.82) is 5.41 Å². The highest BCUT2D eigenvalue weighted by atomic mass is 32.2. The van der Waals surface area contributed by atoms with E-state index in [4.69, 9.17) is 24.9 Å². The third-order valence-electron chi connectivity index (χ3n) is 11.2. The Morgan fingerprint density at radius 2 is 1.22 bits per heavy atom. The fourth-order valence-electron chi connectivity index (χ4n) is 7.21. The summed E-state index contributed by atoms with van der Waals surface area (Å²) in [6, 6.07) is 36.1. The van der Waals surface area contributed by atoms with Gasteiger partial charge < -0.3 is 29.4 Å². The van der Waals surface area contributed by atoms with E-state index in [-0.39, 0.29) is 42.9 Å². The highest BCUT2D eigenvalue weighted by molar-refractivity contribution is 7.97. The zero-order chi connectivity index (χ0) is 56.1. The van der Waals surface area contributed by atoms with Crippen molar-refractivity contribution in [2.24, 2.45) is 5.73 Å². The number of nitrogens with zero attached hydrogens (tertiary/aromatic N) is 10. The molecule has 0 bridgehead atoms. The van der Waals surface area contributed by atoms with E-state index >= 15 is 0 Å². The summed E-state index contributed by atoms with van der Waals surface area (Å²) in [5.74, 6) is -1.70. The summed E-state index contributed by atoms with van der Waals surface area (Å²) < 4.78 is 99.1. The number of halogens is 2. The molecule has 9 aromatic rings. The lowest BCUT2D eigenvalue weighted by Crippen LogP contribution is -2.32. The molecule has 22 nitrogen and oxygen atoms in total. The second-order valence-corrected chi connectivity index (χ2v) is 20.6. The zero-order valence-corrected chi connectivity index (χ0v) is 44.1. The average Bonchev–Trinajstić information content (AvgIpc) is 4.32. The molecular formula is C52H51F2N13O9S2. The predicted molar refractivity (Wildman–Crippen MR) is 286 cm³/mol. The maximum absolute atomic E-state index is 14.3. The molecule has 5 aromatic heterocycles. The van der Waals surface area contributed by atoms with Crippen molar-refractivity contribution in [3.05, 3.63) is 202 Å². The first kappa shape index (κ1) is 56.2. The number of aromatic amines is 1. The number of benzene rings is 4. The molecule has 0 amide bonds. The first-order chi connectivity index (χ1) is 37.3. The number of H-pyrrole nitrogens is 1. The van der Waals surface area contributed by atoms with Crippen molar-refractivity contribution in [2.45, 2.75) is 24.9 Å². The van der Waals surface area contributed by atoms with E-state index in [9.17, 15) is 35.2 Å². The van der Waals surface area contributed by atoms with Crippen molar-refractivity contribution < 1.29 is 44.2 Å². The first-order valence-electron chi connectivity index (χ1n) is 23.3. The summed E-state index contributed by atoms with van der Waals surface area (Å²) in [5, 5.41) is 23.9. The molecule has 0 spiro atoms. The second-order valence-electron chi connectivity index (χ2n) is 16.7. The van der Waals surface area contributed by atoms with Crippen molar-refractivity contribution >= 4 is 43.2 Å². The van der Waals surface area contributed by atoms with Crippen LogP contribution in [0, 0.1) is 17.0 Å². The Bertz CT molecular complexity index is 3820. The SMILES string of the molecule is CCOC(=O)C(=CN(C)C)S(=O)(=O)N(C)c1ccccc1.CN(c1ccccc1)S(=O)(=O)c1cnc(-c2cc(-c3ccon3)n(Cc3ccccc3F)n2)[nH]c1=O.N=C(N)c1cc(-c2ccon2)n(Cc2ccccc2F)n1. The van der Waals surface area contributed by atoms with E-state index in [1.807, 2.05) is 0 Å². The second kappa shape index (κ2) is 24.9. The van der Waals surface area contributed by atoms with Crippen LogP contribution in [0.1, 0.15) is 23.7 Å². The molecule has 0 aliphatic carbocycles. The standard InChI is InChI=1S/C24H19FN6O4S.C14H12FN5O.C14H20N2O4S/c1-30(17-8-3-2-4-9-17)36(33,34)22-14-26-23(27-24(22)32)20-13-21(19-11-12-35-29-19)31(28-20)15-16-7-5-6-10-18(16)25;15-10-4-2-1-3-9(10)8-20-13(11-5-6-21-19-11)7-12(18-20)14(16)17;1-5-20-14(17)13(11-15(2)3)21(18,19)16(4)12-9-7-6-8-10-12/h2-14H,15H2,1H3,(H,26,27,32);1-7H,8H2,(H3,16,17);6-11H,5H2,1-4H3. The summed E-state index contributed by atoms with van der Waals surface area (Å²) in [6.45, 7) is 2.02. The van der Waals surface area contributed by atoms with Gasteiger partial charge in [-0.3, -0.25) is 28.2 Å². The number of para-hydroxylation sites is 2. The number of carbonyl (C=O) groups excluding carboxylic acids is 1. The molecule has 0 fully saturated rings. The smallest absolute Gasteiger partial charge is 0.353 e. The Kier molecular flexibility index (Phi) is 17.9. The highest BCUT2D eigenvalue weighted by Gasteiger charge is 2.32. The number of hydrogen-bond donors (Lipinski definition) is 3. The monoisotopic (exact) mass is 1100 g/mol. The first-order valence-corrected chi connectivity index (χ1v) is 26.2. The summed E-state index contributed by atoms with van der Waals surface area (Å²) in [7, 11) is -2.14. The fraction of sp³-hybridized carbons (Fsp3) is 0.154. The summed E-state index contributed by atoms with van der Waals surface area (Å²) in [5.41, 5.74) is 8.98. The number of rotatable bonds is 17. The largest absolute Gasteiger partial charge is 0.462 e. The van der Waals surface area contributed by atoms with Gasteiger partial charge in [0.2, 0.25) is 0 Å². The van der Waals surface area contributed by atoms with Gasteiger partial charge in [0.1, 0.15) is 52.8 Å². The third-order valence-corrected chi connectivity index (χ3v) is 14.7. The van der Waals surface area contributed by atoms with Crippen LogP contribution in [0.5, 0.6) is 0 Å². The van der Waals surface area contributed by atoms with E-state index in [1.165, 1.54) is 54.5 Å². The highest BCUT2D eigenvalue weighted by Crippen LogP contribution is 2.27. The molecule has 5 heterocycles. The molecular weight excluding hydrogens is 1050 g/mol. The van der Waals surface area contributed by atoms with Gasteiger partial charge in [0.25, 0.3) is 25.6 Å². The molecule has 0 atom stereocenters. The van der Waals surface area contributed by atoms with Crippen LogP contribution in [0.2, 0.25) is 0 Å². The molecule has 0 aliphatic rings. The van der Waals surface area contributed by atoms with E-state index < -0.39 is 47.2 Å². The van der Waals surface area contributed by atoms with Gasteiger partial charge in [0.05, 0.1) is 48.7 Å². The number of nitrogens with one attached hydrogen (secondary N) is 2. The van der Waals surface area contributed by atoms with Gasteiger partial charge >= 0.3 is 5.97 Å². The summed E-state index contributed by atoms with van der Waals surface area (Å²) in [4.78, 5) is 32.0. The van der Waals surface area contributed by atoms with Gasteiger partial charge in [0.15, 0.2) is 15.6 Å². The van der Waals surface area contributed by atoms with Crippen molar-refractivity contribution in [3.63, 3.8) is 0 Å². The lowest BCUT2D eigenvalue weighted by molar-refractivity contribution is -0.137. The van der Waals surface area contributed by atoms with E-state index in [0.717, 1.165) is 14.8 Å². The van der Waals surface area contributed by atoms with Crippen LogP contribution < -0.4 is 19.9 Å². The molecule has 0 aliphatic heterocycles. The van der Waals surface area contributed by atoms with E-state index in [1.54, 1.807) is 147 Å². The number of aromatic nitrogens is 8. The number of nitrogen functional groups attached to an aromatic ring is 1. The Balaban J connectivity index is 0.000000181. The van der Waals surface area contributed by atoms with Crippen LogP contribution in [-0.2, 0) is 42.7 Å². The number of anilines is 2. The Hall–Kier alpha value is -9.56. The van der Waals surface area contributed by atoms with Crippen molar-refractivity contribution in [2.75, 3.05) is 43.4 Å². The number of nitrogens with two attached hydrogens (primary N) is 1. The van der Waals surface area contributed by atoms with Gasteiger partial charge in [-0.15, -0.1) is 0 Å². The lowest BCUT2D eigenvalue weighted by Gasteiger charge is -2.21. The quantitative estimate of drug-likeness (QED) is 0.0369. The number of carbonyl (C=O) groups is 1. The van der Waals surface area contributed by atoms with Crippen LogP contribution in [0.25, 0.3) is 34.3 Å². The Morgan fingerprint density at radius 3 is 1.69 bits per heavy atom. The summed E-state index contributed by atoms with van der Waals surface area (Å²) in [6.07, 6.45) is 5.06. The van der Waals surface area contributed by atoms with Crippen LogP contribution >= 0.6 is 0 Å². The third kappa shape index (κ3) is 13.3.